The van der Waals surface area contributed by atoms with Gasteiger partial charge in [0.05, 0.1) is 12.6 Å². The maximum absolute atomic E-state index is 14.3. The summed E-state index contributed by atoms with van der Waals surface area (Å²) in [6.45, 7) is 5.30. The van der Waals surface area contributed by atoms with Crippen molar-refractivity contribution in [3.63, 3.8) is 0 Å². The SMILES string of the molecule is CC(C)C[C@@H]1NC(=O)[C@H](C)NC(=O)[C@@H](N)CSSCC(C(=O)O)NC(=O)[C@H](CCC(N)=O)NC(=O)[C@H](C)NC(=O)[C@@H]2CCCN2C(=O)[C@H](Cc2ccc(O)cc2)NC(=O)C(CO)NC1=O. The predicted molar refractivity (Wildman–Crippen MR) is 237 cm³/mol. The molecule has 23 nitrogen and oxygen atoms in total. The van der Waals surface area contributed by atoms with Crippen molar-refractivity contribution in [2.75, 3.05) is 24.7 Å². The number of aliphatic carboxylic acids is 1. The van der Waals surface area contributed by atoms with Crippen LogP contribution in [-0.4, -0.2) is 158 Å². The molecule has 14 N–H and O–H groups in total. The van der Waals surface area contributed by atoms with Crippen LogP contribution in [0.1, 0.15) is 65.4 Å². The lowest BCUT2D eigenvalue weighted by atomic mass is 10.0. The number of carbonyl (C=O) groups is 10. The monoisotopic (exact) mass is 952 g/mol. The molecule has 2 fully saturated rings. The van der Waals surface area contributed by atoms with E-state index in [9.17, 15) is 63.3 Å². The second kappa shape index (κ2) is 25.7. The molecule has 3 rings (SSSR count). The van der Waals surface area contributed by atoms with E-state index in [0.29, 0.717) is 12.0 Å². The second-order valence-corrected chi connectivity index (χ2v) is 18.7. The van der Waals surface area contributed by atoms with Crippen molar-refractivity contribution in [1.82, 2.24) is 42.1 Å². The third kappa shape index (κ3) is 17.0. The molecule has 9 atom stereocenters. The molecule has 2 unspecified atom stereocenters. The molecular weight excluding hydrogens is 893 g/mol. The summed E-state index contributed by atoms with van der Waals surface area (Å²) in [5.41, 5.74) is 11.8. The molecule has 0 radical (unpaired) electrons. The van der Waals surface area contributed by atoms with Crippen LogP contribution in [0.25, 0.3) is 0 Å². The maximum Gasteiger partial charge on any atom is 0.327 e. The summed E-state index contributed by atoms with van der Waals surface area (Å²) in [5, 5.41) is 47.3. The normalized spacial score (nSPS) is 27.9. The first-order valence-corrected chi connectivity index (χ1v) is 23.4. The van der Waals surface area contributed by atoms with Crippen molar-refractivity contribution in [1.29, 1.82) is 0 Å². The number of primary amides is 1. The van der Waals surface area contributed by atoms with Gasteiger partial charge in [0, 0.05) is 30.9 Å². The third-order valence-corrected chi connectivity index (χ3v) is 12.8. The number of nitrogens with two attached hydrogens (primary N) is 2. The van der Waals surface area contributed by atoms with Gasteiger partial charge in [-0.3, -0.25) is 43.2 Å². The Labute approximate surface area is 383 Å². The molecule has 1 aromatic rings. The summed E-state index contributed by atoms with van der Waals surface area (Å²) in [6, 6.07) is -6.48. The fourth-order valence-corrected chi connectivity index (χ4v) is 8.96. The highest BCUT2D eigenvalue weighted by atomic mass is 33.1. The Morgan fingerprint density at radius 1 is 0.738 bits per heavy atom. The molecule has 2 saturated heterocycles. The molecule has 0 aliphatic carbocycles. The smallest absolute Gasteiger partial charge is 0.327 e. The van der Waals surface area contributed by atoms with E-state index in [1.165, 1.54) is 43.0 Å². The van der Waals surface area contributed by atoms with Crippen LogP contribution in [0.2, 0.25) is 0 Å². The average molecular weight is 953 g/mol. The highest BCUT2D eigenvalue weighted by Crippen LogP contribution is 2.24. The van der Waals surface area contributed by atoms with Gasteiger partial charge in [-0.2, -0.15) is 0 Å². The number of aromatic hydroxyl groups is 1. The van der Waals surface area contributed by atoms with Gasteiger partial charge in [0.2, 0.25) is 53.2 Å². The standard InChI is InChI=1S/C40H60N10O13S2/c1-19(2)14-26-36(58)48-28(16-51)37(59)47-27(15-22-7-9-23(52)10-8-22)39(61)50-13-5-6-30(50)38(60)44-21(4)32(54)45-25(11-12-31(42)53)35(57)49-29(40(62)63)18-65-64-17-24(41)34(56)43-20(3)33(55)46-26/h7-10,19-21,24-30,51-52H,5-6,11-18,41H2,1-4H3,(H2,42,53)(H,43,56)(H,44,60)(H,45,54)(H,46,55)(H,47,59)(H,48,58)(H,49,57)(H,62,63)/t20-,21-,24-,25-,26-,27-,28?,29?,30-/m0/s1. The van der Waals surface area contributed by atoms with Crippen molar-refractivity contribution < 1.29 is 63.3 Å². The number of carboxylic acid groups (broad SMARTS) is 1. The van der Waals surface area contributed by atoms with Crippen LogP contribution in [0.15, 0.2) is 24.3 Å². The predicted octanol–water partition coefficient (Wildman–Crippen LogP) is -3.53. The van der Waals surface area contributed by atoms with Crippen molar-refractivity contribution in [2.24, 2.45) is 17.4 Å². The molecule has 360 valence electrons. The van der Waals surface area contributed by atoms with Crippen LogP contribution < -0.4 is 48.7 Å². The number of carbonyl (C=O) groups excluding carboxylic acids is 9. The molecule has 1 aromatic carbocycles. The number of benzene rings is 1. The quantitative estimate of drug-likeness (QED) is 0.107. The van der Waals surface area contributed by atoms with E-state index < -0.39 is 120 Å². The average Bonchev–Trinajstić information content (AvgIpc) is 3.74. The fourth-order valence-electron chi connectivity index (χ4n) is 6.68. The number of nitrogens with one attached hydrogen (secondary N) is 7. The third-order valence-electron chi connectivity index (χ3n) is 10.3. The summed E-state index contributed by atoms with van der Waals surface area (Å²) in [6.07, 6.45) is -0.330. The zero-order valence-corrected chi connectivity index (χ0v) is 38.1. The topological polar surface area (TPSA) is 371 Å². The van der Waals surface area contributed by atoms with Crippen LogP contribution in [0.4, 0.5) is 0 Å². The summed E-state index contributed by atoms with van der Waals surface area (Å²) in [4.78, 5) is 134. The van der Waals surface area contributed by atoms with Crippen LogP contribution in [0, 0.1) is 5.92 Å². The van der Waals surface area contributed by atoms with Crippen molar-refractivity contribution >= 4 is 80.7 Å². The second-order valence-electron chi connectivity index (χ2n) is 16.2. The summed E-state index contributed by atoms with van der Waals surface area (Å²) in [7, 11) is 1.94. The number of rotatable bonds is 9. The van der Waals surface area contributed by atoms with Gasteiger partial charge >= 0.3 is 5.97 Å². The number of aliphatic hydroxyl groups is 1. The Hall–Kier alpha value is -5.66. The van der Waals surface area contributed by atoms with Crippen LogP contribution in [-0.2, 0) is 54.4 Å². The van der Waals surface area contributed by atoms with Gasteiger partial charge in [-0.25, -0.2) is 4.79 Å². The summed E-state index contributed by atoms with van der Waals surface area (Å²) >= 11 is 0. The lowest BCUT2D eigenvalue weighted by Gasteiger charge is -2.30. The number of phenols is 1. The summed E-state index contributed by atoms with van der Waals surface area (Å²) < 4.78 is 0. The Morgan fingerprint density at radius 2 is 1.28 bits per heavy atom. The number of phenolic OH excluding ortho intramolecular Hbond substituents is 1. The van der Waals surface area contributed by atoms with E-state index in [0.717, 1.165) is 21.6 Å². The molecule has 25 heteroatoms. The van der Waals surface area contributed by atoms with Crippen LogP contribution in [0.5, 0.6) is 5.75 Å². The maximum atomic E-state index is 14.3. The molecular formula is C40H60N10O13S2. The van der Waals surface area contributed by atoms with E-state index in [1.807, 2.05) is 0 Å². The number of fused-ring (bicyclic) bond motifs is 1. The van der Waals surface area contributed by atoms with E-state index in [-0.39, 0.29) is 61.8 Å². The molecule has 0 saturated carbocycles. The van der Waals surface area contributed by atoms with Gasteiger partial charge in [0.25, 0.3) is 0 Å². The number of carboxylic acids is 1. The van der Waals surface area contributed by atoms with Gasteiger partial charge in [0.1, 0.15) is 54.1 Å². The van der Waals surface area contributed by atoms with Gasteiger partial charge in [-0.1, -0.05) is 47.6 Å². The number of nitrogens with zero attached hydrogens (tertiary/aromatic N) is 1. The van der Waals surface area contributed by atoms with Crippen LogP contribution in [0.3, 0.4) is 0 Å². The van der Waals surface area contributed by atoms with E-state index in [2.05, 4.69) is 37.2 Å². The van der Waals surface area contributed by atoms with Gasteiger partial charge in [-0.15, -0.1) is 0 Å². The zero-order valence-electron chi connectivity index (χ0n) is 36.5. The van der Waals surface area contributed by atoms with E-state index in [1.54, 1.807) is 13.8 Å². The lowest BCUT2D eigenvalue weighted by Crippen LogP contribution is -2.61. The minimum absolute atomic E-state index is 0.0535. The molecule has 0 aromatic heterocycles. The first kappa shape index (κ1) is 53.7. The number of aliphatic hydroxyl groups excluding tert-OH is 1. The molecule has 65 heavy (non-hydrogen) atoms. The Balaban J connectivity index is 2.00. The Kier molecular flexibility index (Phi) is 21.2. The molecule has 9 amide bonds. The minimum Gasteiger partial charge on any atom is -0.508 e. The fraction of sp³-hybridized carbons (Fsp3) is 0.600. The summed E-state index contributed by atoms with van der Waals surface area (Å²) in [5.74, 6) is -9.60. The Morgan fingerprint density at radius 3 is 1.86 bits per heavy atom. The van der Waals surface area contributed by atoms with Crippen molar-refractivity contribution in [2.45, 2.75) is 121 Å². The minimum atomic E-state index is -1.64. The number of hydrogen-bond donors (Lipinski definition) is 12. The zero-order chi connectivity index (χ0) is 48.5. The first-order chi connectivity index (χ1) is 30.6. The lowest BCUT2D eigenvalue weighted by molar-refractivity contribution is -0.143. The largest absolute Gasteiger partial charge is 0.508 e. The van der Waals surface area contributed by atoms with Crippen molar-refractivity contribution in [3.8, 4) is 5.75 Å². The van der Waals surface area contributed by atoms with Gasteiger partial charge in [0.15, 0.2) is 0 Å². The molecule has 2 heterocycles. The molecule has 0 bridgehead atoms. The first-order valence-electron chi connectivity index (χ1n) is 20.9. The molecule has 2 aliphatic rings. The van der Waals surface area contributed by atoms with Crippen molar-refractivity contribution in [3.05, 3.63) is 29.8 Å². The molecule has 0 spiro atoms. The van der Waals surface area contributed by atoms with E-state index >= 15 is 0 Å². The highest BCUT2D eigenvalue weighted by Gasteiger charge is 2.40. The number of hydrogen-bond acceptors (Lipinski definition) is 15. The van der Waals surface area contributed by atoms with Gasteiger partial charge in [-0.05, 0) is 63.1 Å². The van der Waals surface area contributed by atoms with Gasteiger partial charge < -0.3 is 68.9 Å². The number of amides is 9. The Bertz CT molecular complexity index is 1910. The van der Waals surface area contributed by atoms with Crippen LogP contribution >= 0.6 is 21.6 Å². The highest BCUT2D eigenvalue weighted by molar-refractivity contribution is 8.76. The molecule has 2 aliphatic heterocycles. The van der Waals surface area contributed by atoms with E-state index in [4.69, 9.17) is 11.5 Å².